The third-order valence-corrected chi connectivity index (χ3v) is 4.62. The molecule has 0 atom stereocenters. The highest BCUT2D eigenvalue weighted by Gasteiger charge is 2.09. The van der Waals surface area contributed by atoms with E-state index in [0.717, 1.165) is 29.5 Å². The lowest BCUT2D eigenvalue weighted by atomic mass is 10.1. The van der Waals surface area contributed by atoms with Crippen molar-refractivity contribution in [1.29, 1.82) is 0 Å². The molecule has 25 heavy (non-hydrogen) atoms. The molecule has 0 spiro atoms. The van der Waals surface area contributed by atoms with E-state index in [4.69, 9.17) is 32.4 Å². The number of halogens is 2. The van der Waals surface area contributed by atoms with Gasteiger partial charge in [-0.1, -0.05) is 29.3 Å². The lowest BCUT2D eigenvalue weighted by Crippen LogP contribution is -2.83. The number of nitrogens with two attached hydrogens (primary N) is 1. The van der Waals surface area contributed by atoms with Gasteiger partial charge in [-0.2, -0.15) is 0 Å². The van der Waals surface area contributed by atoms with Crippen molar-refractivity contribution < 1.29 is 14.5 Å². The second-order valence-corrected chi connectivity index (χ2v) is 6.56. The van der Waals surface area contributed by atoms with E-state index in [1.807, 2.05) is 24.3 Å². The monoisotopic (exact) mass is 378 g/mol. The topological polar surface area (TPSA) is 56.0 Å². The molecule has 2 aromatic carbocycles. The van der Waals surface area contributed by atoms with Crippen LogP contribution in [0, 0.1) is 0 Å². The summed E-state index contributed by atoms with van der Waals surface area (Å²) in [6.45, 7) is 1.53. The molecule has 0 saturated carbocycles. The summed E-state index contributed by atoms with van der Waals surface area (Å²) >= 11 is 12.1. The number of ether oxygens (including phenoxy) is 1. The van der Waals surface area contributed by atoms with Gasteiger partial charge in [0.1, 0.15) is 17.9 Å². The van der Waals surface area contributed by atoms with Gasteiger partial charge in [0.15, 0.2) is 0 Å². The van der Waals surface area contributed by atoms with E-state index < -0.39 is 0 Å². The Balaban J connectivity index is 1.69. The third-order valence-electron chi connectivity index (χ3n) is 4.03. The maximum atomic E-state index is 11.8. The Morgan fingerprint density at radius 1 is 1.08 bits per heavy atom. The van der Waals surface area contributed by atoms with Crippen LogP contribution in [-0.2, 0) is 13.0 Å². The molecule has 0 bridgehead atoms. The minimum Gasteiger partial charge on any atom is -0.497 e. The van der Waals surface area contributed by atoms with Crippen molar-refractivity contribution in [2.45, 2.75) is 13.0 Å². The molecule has 1 aromatic heterocycles. The van der Waals surface area contributed by atoms with Crippen molar-refractivity contribution in [3.05, 3.63) is 74.1 Å². The van der Waals surface area contributed by atoms with Crippen LogP contribution in [0.2, 0.25) is 10.0 Å². The summed E-state index contributed by atoms with van der Waals surface area (Å²) in [5.74, 6) is 0.661. The van der Waals surface area contributed by atoms with Crippen molar-refractivity contribution in [2.75, 3.05) is 13.7 Å². The number of methoxy groups -OCH3 is 1. The largest absolute Gasteiger partial charge is 0.497 e. The molecule has 0 aliphatic carbocycles. The van der Waals surface area contributed by atoms with Crippen molar-refractivity contribution in [1.82, 2.24) is 0 Å². The maximum absolute atomic E-state index is 11.8. The fourth-order valence-electron chi connectivity index (χ4n) is 2.75. The van der Waals surface area contributed by atoms with Gasteiger partial charge in [0, 0.05) is 39.5 Å². The highest BCUT2D eigenvalue weighted by atomic mass is 35.5. The van der Waals surface area contributed by atoms with Gasteiger partial charge >= 0.3 is 5.63 Å². The average Bonchev–Trinajstić information content (AvgIpc) is 2.59. The summed E-state index contributed by atoms with van der Waals surface area (Å²) in [5.41, 5.74) is 2.18. The predicted octanol–water partition coefficient (Wildman–Crippen LogP) is 3.41. The molecular formula is C19H18Cl2NO3+. The highest BCUT2D eigenvalue weighted by molar-refractivity contribution is 6.35. The molecular weight excluding hydrogens is 361 g/mol. The molecule has 0 fully saturated rings. The van der Waals surface area contributed by atoms with Gasteiger partial charge in [-0.15, -0.1) is 0 Å². The molecule has 130 valence electrons. The Kier molecular flexibility index (Phi) is 5.63. The number of benzene rings is 2. The van der Waals surface area contributed by atoms with Crippen LogP contribution in [0.1, 0.15) is 11.1 Å². The molecule has 0 radical (unpaired) electrons. The fraction of sp³-hybridized carbons (Fsp3) is 0.211. The molecule has 6 heteroatoms. The Morgan fingerprint density at radius 2 is 1.92 bits per heavy atom. The van der Waals surface area contributed by atoms with Gasteiger partial charge in [-0.3, -0.25) is 0 Å². The summed E-state index contributed by atoms with van der Waals surface area (Å²) in [5, 5.41) is 4.37. The normalized spacial score (nSPS) is 11.0. The number of hydrogen-bond acceptors (Lipinski definition) is 3. The van der Waals surface area contributed by atoms with Gasteiger partial charge in [0.05, 0.1) is 13.7 Å². The number of fused-ring (bicyclic) bond motifs is 1. The van der Waals surface area contributed by atoms with Crippen molar-refractivity contribution >= 4 is 34.2 Å². The van der Waals surface area contributed by atoms with Crippen molar-refractivity contribution in [2.24, 2.45) is 0 Å². The molecule has 2 N–H and O–H groups in total. The summed E-state index contributed by atoms with van der Waals surface area (Å²) in [6, 6.07) is 12.6. The first kappa shape index (κ1) is 17.8. The van der Waals surface area contributed by atoms with Crippen LogP contribution in [0.15, 0.2) is 51.7 Å². The Labute approximate surface area is 155 Å². The van der Waals surface area contributed by atoms with Crippen LogP contribution in [0.4, 0.5) is 0 Å². The second kappa shape index (κ2) is 7.91. The van der Waals surface area contributed by atoms with Gasteiger partial charge < -0.3 is 14.5 Å². The minimum atomic E-state index is -0.357. The Hall–Kier alpha value is -2.01. The van der Waals surface area contributed by atoms with E-state index in [0.29, 0.717) is 27.9 Å². The maximum Gasteiger partial charge on any atom is 0.336 e. The summed E-state index contributed by atoms with van der Waals surface area (Å²) in [6.07, 6.45) is 0.823. The molecule has 3 rings (SSSR count). The van der Waals surface area contributed by atoms with Gasteiger partial charge in [0.25, 0.3) is 0 Å². The van der Waals surface area contributed by atoms with Crippen LogP contribution in [0.3, 0.4) is 0 Å². The first-order valence-corrected chi connectivity index (χ1v) is 8.69. The molecule has 0 aliphatic heterocycles. The number of hydrogen-bond donors (Lipinski definition) is 1. The quantitative estimate of drug-likeness (QED) is 0.528. The highest BCUT2D eigenvalue weighted by Crippen LogP contribution is 2.22. The smallest absolute Gasteiger partial charge is 0.336 e. The van der Waals surface area contributed by atoms with E-state index in [1.165, 1.54) is 0 Å². The predicted molar refractivity (Wildman–Crippen MR) is 99.7 cm³/mol. The van der Waals surface area contributed by atoms with E-state index in [2.05, 4.69) is 5.32 Å². The first-order chi connectivity index (χ1) is 12.1. The van der Waals surface area contributed by atoms with Crippen molar-refractivity contribution in [3.63, 3.8) is 0 Å². The zero-order valence-electron chi connectivity index (χ0n) is 13.7. The first-order valence-electron chi connectivity index (χ1n) is 7.93. The SMILES string of the molecule is COc1ccc2c(C[NH2+]CCc3ccc(Cl)cc3Cl)cc(=O)oc2c1. The Bertz CT molecular complexity index is 953. The van der Waals surface area contributed by atoms with Crippen LogP contribution < -0.4 is 15.7 Å². The molecule has 0 unspecified atom stereocenters. The molecule has 0 aliphatic rings. The Morgan fingerprint density at radius 3 is 2.68 bits per heavy atom. The molecule has 0 saturated heterocycles. The molecule has 3 aromatic rings. The van der Waals surface area contributed by atoms with E-state index in [1.54, 1.807) is 25.3 Å². The average molecular weight is 379 g/mol. The van der Waals surface area contributed by atoms with Crippen LogP contribution in [0.25, 0.3) is 11.0 Å². The van der Waals surface area contributed by atoms with Crippen LogP contribution in [0.5, 0.6) is 5.75 Å². The van der Waals surface area contributed by atoms with Gasteiger partial charge in [-0.25, -0.2) is 4.79 Å². The van der Waals surface area contributed by atoms with E-state index in [9.17, 15) is 4.79 Å². The second-order valence-electron chi connectivity index (χ2n) is 5.72. The standard InChI is InChI=1S/C19H17Cl2NO3/c1-24-15-4-5-16-13(8-19(23)25-18(16)10-15)11-22-7-6-12-2-3-14(20)9-17(12)21/h2-5,8-10,22H,6-7,11H2,1H3/p+1. The zero-order chi connectivity index (χ0) is 17.8. The number of quaternary nitrogens is 1. The summed E-state index contributed by atoms with van der Waals surface area (Å²) in [7, 11) is 1.58. The zero-order valence-corrected chi connectivity index (χ0v) is 15.2. The van der Waals surface area contributed by atoms with Crippen molar-refractivity contribution in [3.8, 4) is 5.75 Å². The summed E-state index contributed by atoms with van der Waals surface area (Å²) in [4.78, 5) is 11.8. The molecule has 0 amide bonds. The van der Waals surface area contributed by atoms with E-state index >= 15 is 0 Å². The van der Waals surface area contributed by atoms with E-state index in [-0.39, 0.29) is 5.63 Å². The fourth-order valence-corrected chi connectivity index (χ4v) is 3.25. The minimum absolute atomic E-state index is 0.357. The molecule has 1 heterocycles. The lowest BCUT2D eigenvalue weighted by molar-refractivity contribution is -0.670. The van der Waals surface area contributed by atoms with Crippen LogP contribution >= 0.6 is 23.2 Å². The van der Waals surface area contributed by atoms with Gasteiger partial charge in [-0.05, 0) is 29.8 Å². The lowest BCUT2D eigenvalue weighted by Gasteiger charge is -2.07. The third kappa shape index (κ3) is 4.34. The summed E-state index contributed by atoms with van der Waals surface area (Å²) < 4.78 is 10.4. The van der Waals surface area contributed by atoms with Gasteiger partial charge in [0.2, 0.25) is 0 Å². The van der Waals surface area contributed by atoms with Crippen LogP contribution in [-0.4, -0.2) is 13.7 Å². The number of rotatable bonds is 6. The molecule has 4 nitrogen and oxygen atoms in total.